The Balaban J connectivity index is 1.29. The first kappa shape index (κ1) is 36.9. The fraction of sp³-hybridized carbons (Fsp3) is 0.667. The first-order chi connectivity index (χ1) is 23.5. The van der Waals surface area contributed by atoms with Crippen molar-refractivity contribution in [2.75, 3.05) is 6.54 Å². The molecule has 0 unspecified atom stereocenters. The van der Waals surface area contributed by atoms with Crippen molar-refractivity contribution < 1.29 is 9.90 Å². The Labute approximate surface area is 293 Å². The summed E-state index contributed by atoms with van der Waals surface area (Å²) >= 11 is 0. The molecule has 0 aromatic heterocycles. The molecule has 3 aliphatic rings. The van der Waals surface area contributed by atoms with E-state index in [4.69, 9.17) is 5.73 Å². The molecule has 0 amide bonds. The second kappa shape index (κ2) is 19.1. The van der Waals surface area contributed by atoms with Gasteiger partial charge in [-0.25, -0.2) is 0 Å². The van der Waals surface area contributed by atoms with Crippen LogP contribution in [0.4, 0.5) is 0 Å². The molecule has 0 bridgehead atoms. The Bertz CT molecular complexity index is 1210. The number of carbonyl (C=O) groups is 1. The quantitative estimate of drug-likeness (QED) is 0.148. The second-order valence-corrected chi connectivity index (χ2v) is 16.5. The summed E-state index contributed by atoms with van der Waals surface area (Å²) in [5.74, 6) is 1.41. The smallest absolute Gasteiger partial charge is 0.303 e. The Hall–Kier alpha value is -2.39. The van der Waals surface area contributed by atoms with Crippen molar-refractivity contribution in [3.63, 3.8) is 0 Å². The molecule has 3 fully saturated rings. The fourth-order valence-electron chi connectivity index (χ4n) is 10.6. The molecule has 0 radical (unpaired) electrons. The Morgan fingerprint density at radius 2 is 1.50 bits per heavy atom. The fourth-order valence-corrected chi connectivity index (χ4v) is 10.6. The number of hydrogen-bond acceptors (Lipinski definition) is 2. The SMILES string of the molecule is NCC[C@H](CC[C@@H](C/C=C\CCC1CCCCC1)CCc1ccccc1)[C@H](CC(=O)O)C[C@]1(c2ccccc2)CCCC2(CCCC2)C1. The van der Waals surface area contributed by atoms with Crippen molar-refractivity contribution in [2.24, 2.45) is 34.8 Å². The van der Waals surface area contributed by atoms with Gasteiger partial charge in [0.15, 0.2) is 0 Å². The third-order valence-corrected chi connectivity index (χ3v) is 13.2. The molecule has 0 aliphatic heterocycles. The maximum absolute atomic E-state index is 12.5. The summed E-state index contributed by atoms with van der Waals surface area (Å²) in [6.45, 7) is 0.638. The van der Waals surface area contributed by atoms with Crippen LogP contribution >= 0.6 is 0 Å². The largest absolute Gasteiger partial charge is 0.481 e. The minimum absolute atomic E-state index is 0.0740. The number of aliphatic carboxylic acids is 1. The Morgan fingerprint density at radius 1 is 0.792 bits per heavy atom. The van der Waals surface area contributed by atoms with Gasteiger partial charge in [-0.2, -0.15) is 0 Å². The zero-order valence-corrected chi connectivity index (χ0v) is 30.1. The topological polar surface area (TPSA) is 63.3 Å². The van der Waals surface area contributed by atoms with E-state index in [1.54, 1.807) is 0 Å². The summed E-state index contributed by atoms with van der Waals surface area (Å²) < 4.78 is 0. The molecular formula is C45H67NO2. The molecule has 3 aliphatic carbocycles. The van der Waals surface area contributed by atoms with Gasteiger partial charge in [-0.3, -0.25) is 4.79 Å². The van der Waals surface area contributed by atoms with E-state index < -0.39 is 5.97 Å². The third kappa shape index (κ3) is 11.1. The number of carboxylic acid groups (broad SMARTS) is 1. The van der Waals surface area contributed by atoms with E-state index in [-0.39, 0.29) is 17.8 Å². The van der Waals surface area contributed by atoms with E-state index in [1.807, 2.05) is 0 Å². The van der Waals surface area contributed by atoms with Crippen molar-refractivity contribution >= 4 is 5.97 Å². The van der Waals surface area contributed by atoms with Crippen LogP contribution in [-0.4, -0.2) is 17.6 Å². The van der Waals surface area contributed by atoms with Crippen LogP contribution in [0.2, 0.25) is 0 Å². The second-order valence-electron chi connectivity index (χ2n) is 16.5. The van der Waals surface area contributed by atoms with Gasteiger partial charge in [0.05, 0.1) is 0 Å². The zero-order valence-electron chi connectivity index (χ0n) is 30.1. The average Bonchev–Trinajstić information content (AvgIpc) is 3.56. The van der Waals surface area contributed by atoms with Crippen molar-refractivity contribution in [1.82, 2.24) is 0 Å². The van der Waals surface area contributed by atoms with Crippen molar-refractivity contribution in [2.45, 2.75) is 153 Å². The summed E-state index contributed by atoms with van der Waals surface area (Å²) in [5.41, 5.74) is 9.74. The van der Waals surface area contributed by atoms with Crippen LogP contribution in [0.5, 0.6) is 0 Å². The molecule has 0 heterocycles. The number of nitrogens with two attached hydrogens (primary N) is 1. The van der Waals surface area contributed by atoms with Crippen LogP contribution < -0.4 is 5.73 Å². The minimum atomic E-state index is -0.641. The summed E-state index contributed by atoms with van der Waals surface area (Å²) in [6.07, 6.45) is 33.0. The lowest BCUT2D eigenvalue weighted by Crippen LogP contribution is -2.41. The van der Waals surface area contributed by atoms with Crippen LogP contribution in [0.15, 0.2) is 72.8 Å². The monoisotopic (exact) mass is 654 g/mol. The van der Waals surface area contributed by atoms with Crippen LogP contribution in [0.25, 0.3) is 0 Å². The molecule has 3 nitrogen and oxygen atoms in total. The van der Waals surface area contributed by atoms with Crippen LogP contribution in [0.3, 0.4) is 0 Å². The number of hydrogen-bond donors (Lipinski definition) is 2. The predicted octanol–water partition coefficient (Wildman–Crippen LogP) is 11.8. The van der Waals surface area contributed by atoms with Crippen molar-refractivity contribution in [1.29, 1.82) is 0 Å². The van der Waals surface area contributed by atoms with Crippen molar-refractivity contribution in [3.8, 4) is 0 Å². The molecule has 3 N–H and O–H groups in total. The normalized spacial score (nSPS) is 23.4. The zero-order chi connectivity index (χ0) is 33.5. The highest BCUT2D eigenvalue weighted by Gasteiger charge is 2.48. The molecule has 4 atom stereocenters. The molecule has 5 rings (SSSR count). The highest BCUT2D eigenvalue weighted by atomic mass is 16.4. The molecule has 3 heteroatoms. The van der Waals surface area contributed by atoms with Gasteiger partial charge in [0.25, 0.3) is 0 Å². The van der Waals surface area contributed by atoms with Gasteiger partial charge in [0.2, 0.25) is 0 Å². The maximum Gasteiger partial charge on any atom is 0.303 e. The summed E-state index contributed by atoms with van der Waals surface area (Å²) in [4.78, 5) is 12.5. The van der Waals surface area contributed by atoms with Crippen LogP contribution in [0, 0.1) is 29.1 Å². The molecule has 1 spiro atoms. The number of carboxylic acids is 1. The number of aryl methyl sites for hydroxylation is 1. The molecule has 2 aromatic rings. The van der Waals surface area contributed by atoms with E-state index in [9.17, 15) is 9.90 Å². The average molecular weight is 654 g/mol. The predicted molar refractivity (Wildman–Crippen MR) is 202 cm³/mol. The minimum Gasteiger partial charge on any atom is -0.481 e. The number of benzene rings is 2. The molecule has 0 saturated heterocycles. The molecule has 2 aromatic carbocycles. The van der Waals surface area contributed by atoms with E-state index in [1.165, 1.54) is 114 Å². The Morgan fingerprint density at radius 3 is 2.21 bits per heavy atom. The molecular weight excluding hydrogens is 587 g/mol. The van der Waals surface area contributed by atoms with Gasteiger partial charge < -0.3 is 10.8 Å². The molecule has 264 valence electrons. The van der Waals surface area contributed by atoms with Gasteiger partial charge in [0.1, 0.15) is 0 Å². The van der Waals surface area contributed by atoms with Crippen LogP contribution in [0.1, 0.15) is 152 Å². The lowest BCUT2D eigenvalue weighted by Gasteiger charge is -2.49. The standard InChI is InChI=1S/C45H67NO2/c46-33-28-40(27-26-39(25-24-38-19-8-3-9-20-38)21-10-2-7-18-37-16-5-1-6-17-37)41(34-43(47)48)35-45(42-22-11-4-12-23-42)32-15-31-44(36-45)29-13-14-30-44/h2-4,8-12,19-20,22-23,37,39-41H,1,5-7,13-18,21,24-36,46H2,(H,47,48)/b10-2-/t39-,40-,41+,45+/m0/s1. The lowest BCUT2D eigenvalue weighted by molar-refractivity contribution is -0.139. The number of rotatable bonds is 19. The molecule has 3 saturated carbocycles. The Kier molecular flexibility index (Phi) is 14.7. The van der Waals surface area contributed by atoms with Gasteiger partial charge >= 0.3 is 5.97 Å². The maximum atomic E-state index is 12.5. The number of allylic oxidation sites excluding steroid dienone is 2. The first-order valence-electron chi connectivity index (χ1n) is 20.2. The van der Waals surface area contributed by atoms with Gasteiger partial charge in [0, 0.05) is 6.42 Å². The van der Waals surface area contributed by atoms with Crippen LogP contribution in [-0.2, 0) is 16.6 Å². The third-order valence-electron chi connectivity index (χ3n) is 13.2. The van der Waals surface area contributed by atoms with Gasteiger partial charge in [-0.05, 0) is 142 Å². The van der Waals surface area contributed by atoms with Crippen molar-refractivity contribution in [3.05, 3.63) is 83.9 Å². The summed E-state index contributed by atoms with van der Waals surface area (Å²) in [6, 6.07) is 22.2. The summed E-state index contributed by atoms with van der Waals surface area (Å²) in [7, 11) is 0. The molecule has 48 heavy (non-hydrogen) atoms. The van der Waals surface area contributed by atoms with E-state index in [2.05, 4.69) is 72.8 Å². The lowest BCUT2D eigenvalue weighted by atomic mass is 9.55. The highest BCUT2D eigenvalue weighted by Crippen LogP contribution is 2.58. The first-order valence-corrected chi connectivity index (χ1v) is 20.2. The van der Waals surface area contributed by atoms with E-state index in [0.29, 0.717) is 23.8 Å². The van der Waals surface area contributed by atoms with E-state index >= 15 is 0 Å². The van der Waals surface area contributed by atoms with Gasteiger partial charge in [-0.1, -0.05) is 124 Å². The highest BCUT2D eigenvalue weighted by molar-refractivity contribution is 5.67. The summed E-state index contributed by atoms with van der Waals surface area (Å²) in [5, 5.41) is 10.3. The van der Waals surface area contributed by atoms with Gasteiger partial charge in [-0.15, -0.1) is 0 Å². The van der Waals surface area contributed by atoms with E-state index in [0.717, 1.165) is 44.4 Å².